The average molecular weight is 251 g/mol. The maximum Gasteiger partial charge on any atom is 0.136 e. The lowest BCUT2D eigenvalue weighted by atomic mass is 10.2. The molecule has 0 saturated heterocycles. The molecule has 88 valence electrons. The molecule has 0 aliphatic heterocycles. The van der Waals surface area contributed by atoms with Crippen LogP contribution in [-0.4, -0.2) is 0 Å². The topological polar surface area (TPSA) is 26.0 Å². The molecule has 0 fully saturated rings. The van der Waals surface area contributed by atoms with Crippen LogP contribution in [0.3, 0.4) is 0 Å². The number of thioether (sulfide) groups is 1. The van der Waals surface area contributed by atoms with Gasteiger partial charge in [0.1, 0.15) is 11.6 Å². The highest BCUT2D eigenvalue weighted by Gasteiger charge is 2.05. The number of nitrogens with two attached hydrogens (primary N) is 1. The van der Waals surface area contributed by atoms with Crippen molar-refractivity contribution < 1.29 is 8.78 Å². The van der Waals surface area contributed by atoms with Crippen LogP contribution in [0.15, 0.2) is 47.4 Å². The van der Waals surface area contributed by atoms with E-state index in [1.807, 2.05) is 18.2 Å². The van der Waals surface area contributed by atoms with E-state index in [-0.39, 0.29) is 0 Å². The first-order chi connectivity index (χ1) is 8.15. The second-order valence-electron chi connectivity index (χ2n) is 3.61. The van der Waals surface area contributed by atoms with Crippen molar-refractivity contribution in [3.63, 3.8) is 0 Å². The van der Waals surface area contributed by atoms with E-state index in [4.69, 9.17) is 5.73 Å². The standard InChI is InChI=1S/C13H11F2NS/c14-10-4-5-12(15)13(7-10)17-8-9-2-1-3-11(16)6-9/h1-7H,8,16H2. The van der Waals surface area contributed by atoms with Gasteiger partial charge in [-0.25, -0.2) is 8.78 Å². The van der Waals surface area contributed by atoms with Gasteiger partial charge < -0.3 is 5.73 Å². The van der Waals surface area contributed by atoms with Crippen molar-refractivity contribution in [1.82, 2.24) is 0 Å². The summed E-state index contributed by atoms with van der Waals surface area (Å²) in [6, 6.07) is 10.8. The van der Waals surface area contributed by atoms with E-state index in [2.05, 4.69) is 0 Å². The number of anilines is 1. The van der Waals surface area contributed by atoms with E-state index in [0.29, 0.717) is 16.3 Å². The molecule has 0 bridgehead atoms. The minimum absolute atomic E-state index is 0.312. The van der Waals surface area contributed by atoms with Gasteiger partial charge in [0.15, 0.2) is 0 Å². The van der Waals surface area contributed by atoms with Crippen molar-refractivity contribution in [2.24, 2.45) is 0 Å². The zero-order valence-corrected chi connectivity index (χ0v) is 9.81. The molecule has 0 heterocycles. The third-order valence-electron chi connectivity index (χ3n) is 2.24. The monoisotopic (exact) mass is 251 g/mol. The van der Waals surface area contributed by atoms with Gasteiger partial charge in [-0.2, -0.15) is 0 Å². The highest BCUT2D eigenvalue weighted by atomic mass is 32.2. The fourth-order valence-electron chi connectivity index (χ4n) is 1.43. The molecule has 0 spiro atoms. The smallest absolute Gasteiger partial charge is 0.136 e. The number of rotatable bonds is 3. The Morgan fingerprint density at radius 1 is 1.06 bits per heavy atom. The molecule has 0 amide bonds. The summed E-state index contributed by atoms with van der Waals surface area (Å²) >= 11 is 1.25. The van der Waals surface area contributed by atoms with Crippen molar-refractivity contribution in [3.05, 3.63) is 59.7 Å². The summed E-state index contributed by atoms with van der Waals surface area (Å²) in [5.74, 6) is -0.271. The van der Waals surface area contributed by atoms with Crippen LogP contribution in [0.25, 0.3) is 0 Å². The lowest BCUT2D eigenvalue weighted by molar-refractivity contribution is 0.577. The molecular weight excluding hydrogens is 240 g/mol. The van der Waals surface area contributed by atoms with Crippen LogP contribution in [0.1, 0.15) is 5.56 Å². The summed E-state index contributed by atoms with van der Waals surface area (Å²) in [6.45, 7) is 0. The molecule has 2 N–H and O–H groups in total. The number of hydrogen-bond donors (Lipinski definition) is 1. The van der Waals surface area contributed by atoms with Gasteiger partial charge in [-0.15, -0.1) is 11.8 Å². The third-order valence-corrected chi connectivity index (χ3v) is 3.34. The lowest BCUT2D eigenvalue weighted by Crippen LogP contribution is -1.88. The Balaban J connectivity index is 2.09. The Hall–Kier alpha value is -1.55. The largest absolute Gasteiger partial charge is 0.399 e. The number of benzene rings is 2. The van der Waals surface area contributed by atoms with Gasteiger partial charge in [-0.1, -0.05) is 12.1 Å². The van der Waals surface area contributed by atoms with Gasteiger partial charge in [0.05, 0.1) is 0 Å². The van der Waals surface area contributed by atoms with Crippen molar-refractivity contribution in [3.8, 4) is 0 Å². The highest BCUT2D eigenvalue weighted by Crippen LogP contribution is 2.26. The van der Waals surface area contributed by atoms with E-state index >= 15 is 0 Å². The normalized spacial score (nSPS) is 10.5. The minimum atomic E-state index is -0.429. The molecular formula is C13H11F2NS. The van der Waals surface area contributed by atoms with Crippen LogP contribution in [0.4, 0.5) is 14.5 Å². The predicted molar refractivity (Wildman–Crippen MR) is 66.8 cm³/mol. The molecule has 17 heavy (non-hydrogen) atoms. The molecule has 2 aromatic rings. The molecule has 0 aromatic heterocycles. The first-order valence-electron chi connectivity index (χ1n) is 5.07. The summed E-state index contributed by atoms with van der Waals surface area (Å²) in [4.78, 5) is 0.312. The summed E-state index contributed by atoms with van der Waals surface area (Å²) in [5.41, 5.74) is 7.29. The van der Waals surface area contributed by atoms with E-state index in [1.165, 1.54) is 17.8 Å². The minimum Gasteiger partial charge on any atom is -0.399 e. The summed E-state index contributed by atoms with van der Waals surface area (Å²) in [5, 5.41) is 0. The molecule has 0 radical (unpaired) electrons. The molecule has 4 heteroatoms. The quantitative estimate of drug-likeness (QED) is 0.662. The summed E-state index contributed by atoms with van der Waals surface area (Å²) in [6.07, 6.45) is 0. The maximum atomic E-state index is 13.3. The second kappa shape index (κ2) is 5.19. The van der Waals surface area contributed by atoms with E-state index in [1.54, 1.807) is 6.07 Å². The van der Waals surface area contributed by atoms with Crippen LogP contribution in [0, 0.1) is 11.6 Å². The molecule has 1 nitrogen and oxygen atoms in total. The van der Waals surface area contributed by atoms with E-state index in [9.17, 15) is 8.78 Å². The van der Waals surface area contributed by atoms with Crippen LogP contribution in [0.5, 0.6) is 0 Å². The molecule has 2 rings (SSSR count). The lowest BCUT2D eigenvalue weighted by Gasteiger charge is -2.04. The van der Waals surface area contributed by atoms with Crippen molar-refractivity contribution >= 4 is 17.4 Å². The zero-order valence-electron chi connectivity index (χ0n) is 8.99. The average Bonchev–Trinajstić information content (AvgIpc) is 2.30. The van der Waals surface area contributed by atoms with Crippen molar-refractivity contribution in [2.45, 2.75) is 10.6 Å². The second-order valence-corrected chi connectivity index (χ2v) is 4.63. The molecule has 0 atom stereocenters. The predicted octanol–water partition coefficient (Wildman–Crippen LogP) is 3.84. The van der Waals surface area contributed by atoms with Crippen LogP contribution < -0.4 is 5.73 Å². The Bertz CT molecular complexity index is 529. The van der Waals surface area contributed by atoms with Gasteiger partial charge in [-0.05, 0) is 35.9 Å². The summed E-state index contributed by atoms with van der Waals surface area (Å²) in [7, 11) is 0. The Morgan fingerprint density at radius 3 is 2.65 bits per heavy atom. The fourth-order valence-corrected chi connectivity index (χ4v) is 2.34. The molecule has 0 unspecified atom stereocenters. The number of nitrogen functional groups attached to an aromatic ring is 1. The number of halogens is 2. The van der Waals surface area contributed by atoms with Gasteiger partial charge in [0, 0.05) is 16.3 Å². The van der Waals surface area contributed by atoms with Crippen molar-refractivity contribution in [2.75, 3.05) is 5.73 Å². The van der Waals surface area contributed by atoms with Gasteiger partial charge in [0.2, 0.25) is 0 Å². The SMILES string of the molecule is Nc1cccc(CSc2cc(F)ccc2F)c1. The highest BCUT2D eigenvalue weighted by molar-refractivity contribution is 7.98. The first kappa shape index (κ1) is 11.9. The maximum absolute atomic E-state index is 13.3. The van der Waals surface area contributed by atoms with Crippen LogP contribution in [0.2, 0.25) is 0 Å². The van der Waals surface area contributed by atoms with Gasteiger partial charge in [0.25, 0.3) is 0 Å². The van der Waals surface area contributed by atoms with Crippen molar-refractivity contribution in [1.29, 1.82) is 0 Å². The van der Waals surface area contributed by atoms with Crippen LogP contribution >= 0.6 is 11.8 Å². The van der Waals surface area contributed by atoms with E-state index < -0.39 is 11.6 Å². The first-order valence-corrected chi connectivity index (χ1v) is 6.06. The van der Waals surface area contributed by atoms with Crippen LogP contribution in [-0.2, 0) is 5.75 Å². The fraction of sp³-hybridized carbons (Fsp3) is 0.0769. The third kappa shape index (κ3) is 3.20. The Morgan fingerprint density at radius 2 is 1.88 bits per heavy atom. The Kier molecular flexibility index (Phi) is 3.64. The van der Waals surface area contributed by atoms with Gasteiger partial charge >= 0.3 is 0 Å². The zero-order chi connectivity index (χ0) is 12.3. The number of hydrogen-bond acceptors (Lipinski definition) is 2. The van der Waals surface area contributed by atoms with Gasteiger partial charge in [-0.3, -0.25) is 0 Å². The van der Waals surface area contributed by atoms with E-state index in [0.717, 1.165) is 17.7 Å². The Labute approximate surface area is 103 Å². The molecule has 2 aromatic carbocycles. The summed E-state index contributed by atoms with van der Waals surface area (Å²) < 4.78 is 26.3. The molecule has 0 aliphatic rings. The molecule has 0 saturated carbocycles. The molecule has 0 aliphatic carbocycles.